The minimum Gasteiger partial charge on any atom is -0.383 e. The molecule has 0 bridgehead atoms. The van der Waals surface area contributed by atoms with E-state index in [1.807, 2.05) is 0 Å². The molecule has 120 valence electrons. The lowest BCUT2D eigenvalue weighted by Gasteiger charge is -2.34. The van der Waals surface area contributed by atoms with Gasteiger partial charge >= 0.3 is 0 Å². The molecule has 0 aromatic carbocycles. The minimum absolute atomic E-state index is 0.229. The fourth-order valence-electron chi connectivity index (χ4n) is 4.60. The van der Waals surface area contributed by atoms with Gasteiger partial charge in [-0.3, -0.25) is 4.79 Å². The summed E-state index contributed by atoms with van der Waals surface area (Å²) in [6, 6.07) is 0. The van der Waals surface area contributed by atoms with Gasteiger partial charge in [0, 0.05) is 33.3 Å². The number of hydrogen-bond donors (Lipinski definition) is 0. The molecule has 3 rings (SSSR count). The molecule has 0 aromatic rings. The third-order valence-electron chi connectivity index (χ3n) is 5.88. The lowest BCUT2D eigenvalue weighted by molar-refractivity contribution is -0.136. The molecule has 3 fully saturated rings. The van der Waals surface area contributed by atoms with Gasteiger partial charge in [-0.2, -0.15) is 0 Å². The molecule has 1 saturated carbocycles. The zero-order valence-electron chi connectivity index (χ0n) is 13.5. The fraction of sp³-hybridized carbons (Fsp3) is 0.941. The molecule has 4 heteroatoms. The number of methoxy groups -OCH3 is 1. The maximum Gasteiger partial charge on any atom is 0.226 e. The SMILES string of the molecule is COCCN1CCC[C@H](C(=O)N2CCC3(CCCC3)C2)C1. The number of ether oxygens (including phenoxy) is 1. The number of hydrogen-bond acceptors (Lipinski definition) is 3. The van der Waals surface area contributed by atoms with Gasteiger partial charge in [-0.05, 0) is 44.1 Å². The van der Waals surface area contributed by atoms with Crippen LogP contribution in [0.5, 0.6) is 0 Å². The van der Waals surface area contributed by atoms with E-state index in [-0.39, 0.29) is 5.92 Å². The number of carbonyl (C=O) groups is 1. The molecule has 2 saturated heterocycles. The van der Waals surface area contributed by atoms with Crippen LogP contribution < -0.4 is 0 Å². The van der Waals surface area contributed by atoms with Crippen molar-refractivity contribution in [1.82, 2.24) is 9.80 Å². The van der Waals surface area contributed by atoms with E-state index >= 15 is 0 Å². The van der Waals surface area contributed by atoms with Gasteiger partial charge in [0.2, 0.25) is 5.91 Å². The van der Waals surface area contributed by atoms with Crippen LogP contribution in [0.1, 0.15) is 44.9 Å². The summed E-state index contributed by atoms with van der Waals surface area (Å²) < 4.78 is 5.17. The first-order chi connectivity index (χ1) is 10.2. The van der Waals surface area contributed by atoms with Crippen LogP contribution in [-0.2, 0) is 9.53 Å². The summed E-state index contributed by atoms with van der Waals surface area (Å²) in [4.78, 5) is 17.4. The van der Waals surface area contributed by atoms with Crippen molar-refractivity contribution in [3.63, 3.8) is 0 Å². The lowest BCUT2D eigenvalue weighted by atomic mass is 9.85. The Balaban J connectivity index is 1.53. The Morgan fingerprint density at radius 3 is 2.76 bits per heavy atom. The average molecular weight is 294 g/mol. The van der Waals surface area contributed by atoms with Gasteiger partial charge < -0.3 is 14.5 Å². The molecule has 0 radical (unpaired) electrons. The number of likely N-dealkylation sites (tertiary alicyclic amines) is 2. The average Bonchev–Trinajstić information content (AvgIpc) is 3.15. The minimum atomic E-state index is 0.229. The molecule has 2 heterocycles. The zero-order chi connectivity index (χ0) is 14.7. The second-order valence-corrected chi connectivity index (χ2v) is 7.35. The Morgan fingerprint density at radius 1 is 1.19 bits per heavy atom. The summed E-state index contributed by atoms with van der Waals surface area (Å²) in [6.45, 7) is 5.84. The van der Waals surface area contributed by atoms with Gasteiger partial charge in [-0.15, -0.1) is 0 Å². The summed E-state index contributed by atoms with van der Waals surface area (Å²) >= 11 is 0. The standard InChI is InChI=1S/C17H30N2O2/c1-21-12-11-18-9-4-5-15(13-18)16(20)19-10-8-17(14-19)6-2-3-7-17/h15H,2-14H2,1H3/t15-/m0/s1. The number of nitrogens with zero attached hydrogens (tertiary/aromatic N) is 2. The quantitative estimate of drug-likeness (QED) is 0.796. The molecule has 0 aromatic heterocycles. The third kappa shape index (κ3) is 3.42. The first-order valence-corrected chi connectivity index (χ1v) is 8.73. The summed E-state index contributed by atoms with van der Waals surface area (Å²) in [5, 5.41) is 0. The van der Waals surface area contributed by atoms with Gasteiger partial charge in [0.05, 0.1) is 12.5 Å². The Labute approximate surface area is 128 Å². The highest BCUT2D eigenvalue weighted by Crippen LogP contribution is 2.45. The van der Waals surface area contributed by atoms with Crippen LogP contribution in [0.15, 0.2) is 0 Å². The fourth-order valence-corrected chi connectivity index (χ4v) is 4.60. The maximum atomic E-state index is 12.8. The van der Waals surface area contributed by atoms with Crippen LogP contribution in [0.4, 0.5) is 0 Å². The molecule has 4 nitrogen and oxygen atoms in total. The van der Waals surface area contributed by atoms with E-state index in [9.17, 15) is 4.79 Å². The number of piperidine rings is 1. The van der Waals surface area contributed by atoms with Crippen LogP contribution in [0.25, 0.3) is 0 Å². The molecule has 0 unspecified atom stereocenters. The Morgan fingerprint density at radius 2 is 2.00 bits per heavy atom. The van der Waals surface area contributed by atoms with Crippen molar-refractivity contribution in [2.24, 2.45) is 11.3 Å². The maximum absolute atomic E-state index is 12.8. The summed E-state index contributed by atoms with van der Waals surface area (Å²) in [7, 11) is 1.75. The molecule has 1 spiro atoms. The van der Waals surface area contributed by atoms with Gasteiger partial charge in [-0.1, -0.05) is 12.8 Å². The van der Waals surface area contributed by atoms with Crippen LogP contribution in [0.2, 0.25) is 0 Å². The number of rotatable bonds is 4. The van der Waals surface area contributed by atoms with Crippen LogP contribution >= 0.6 is 0 Å². The molecule has 1 amide bonds. The zero-order valence-corrected chi connectivity index (χ0v) is 13.5. The van der Waals surface area contributed by atoms with Crippen molar-refractivity contribution < 1.29 is 9.53 Å². The topological polar surface area (TPSA) is 32.8 Å². The van der Waals surface area contributed by atoms with Crippen molar-refractivity contribution in [3.05, 3.63) is 0 Å². The summed E-state index contributed by atoms with van der Waals surface area (Å²) in [6.07, 6.45) is 8.92. The summed E-state index contributed by atoms with van der Waals surface area (Å²) in [5.74, 6) is 0.660. The van der Waals surface area contributed by atoms with E-state index in [1.165, 1.54) is 32.1 Å². The highest BCUT2D eigenvalue weighted by molar-refractivity contribution is 5.79. The molecule has 1 atom stereocenters. The predicted molar refractivity (Wildman–Crippen MR) is 83.1 cm³/mol. The Hall–Kier alpha value is -0.610. The smallest absolute Gasteiger partial charge is 0.226 e. The Bertz CT molecular complexity index is 366. The van der Waals surface area contributed by atoms with E-state index in [2.05, 4.69) is 9.80 Å². The van der Waals surface area contributed by atoms with E-state index in [0.717, 1.165) is 52.2 Å². The number of amides is 1. The van der Waals surface area contributed by atoms with Gasteiger partial charge in [0.15, 0.2) is 0 Å². The van der Waals surface area contributed by atoms with Gasteiger partial charge in [0.25, 0.3) is 0 Å². The van der Waals surface area contributed by atoms with Crippen LogP contribution in [0.3, 0.4) is 0 Å². The van der Waals surface area contributed by atoms with Crippen molar-refractivity contribution >= 4 is 5.91 Å². The highest BCUT2D eigenvalue weighted by atomic mass is 16.5. The van der Waals surface area contributed by atoms with Gasteiger partial charge in [-0.25, -0.2) is 0 Å². The molecule has 0 N–H and O–H groups in total. The first kappa shape index (κ1) is 15.3. The van der Waals surface area contributed by atoms with Crippen molar-refractivity contribution in [2.75, 3.05) is 46.4 Å². The molecular formula is C17H30N2O2. The van der Waals surface area contributed by atoms with Crippen molar-refractivity contribution in [1.29, 1.82) is 0 Å². The predicted octanol–water partition coefficient (Wildman–Crippen LogP) is 2.14. The summed E-state index contributed by atoms with van der Waals surface area (Å²) in [5.41, 5.74) is 0.500. The lowest BCUT2D eigenvalue weighted by Crippen LogP contribution is -2.45. The van der Waals surface area contributed by atoms with E-state index < -0.39 is 0 Å². The molecule has 1 aliphatic carbocycles. The number of carbonyl (C=O) groups excluding carboxylic acids is 1. The van der Waals surface area contributed by atoms with Crippen LogP contribution in [0, 0.1) is 11.3 Å². The van der Waals surface area contributed by atoms with E-state index in [1.54, 1.807) is 7.11 Å². The first-order valence-electron chi connectivity index (χ1n) is 8.73. The molecule has 3 aliphatic rings. The van der Waals surface area contributed by atoms with E-state index in [0.29, 0.717) is 11.3 Å². The molecular weight excluding hydrogens is 264 g/mol. The Kier molecular flexibility index (Phi) is 4.85. The second-order valence-electron chi connectivity index (χ2n) is 7.35. The normalized spacial score (nSPS) is 29.4. The largest absolute Gasteiger partial charge is 0.383 e. The van der Waals surface area contributed by atoms with E-state index in [4.69, 9.17) is 4.74 Å². The monoisotopic (exact) mass is 294 g/mol. The second kappa shape index (κ2) is 6.66. The van der Waals surface area contributed by atoms with Gasteiger partial charge in [0.1, 0.15) is 0 Å². The van der Waals surface area contributed by atoms with Crippen molar-refractivity contribution in [3.8, 4) is 0 Å². The van der Waals surface area contributed by atoms with Crippen LogP contribution in [-0.4, -0.2) is 62.1 Å². The van der Waals surface area contributed by atoms with Crippen molar-refractivity contribution in [2.45, 2.75) is 44.9 Å². The molecule has 21 heavy (non-hydrogen) atoms. The third-order valence-corrected chi connectivity index (χ3v) is 5.88. The molecule has 2 aliphatic heterocycles. The highest BCUT2D eigenvalue weighted by Gasteiger charge is 2.43.